The van der Waals surface area contributed by atoms with Crippen LogP contribution >= 0.6 is 11.6 Å². The monoisotopic (exact) mass is 466 g/mol. The first-order chi connectivity index (χ1) is 15.4. The Hall–Kier alpha value is -1.55. The van der Waals surface area contributed by atoms with Crippen LogP contribution in [-0.2, 0) is 28.9 Å². The van der Waals surface area contributed by atoms with Crippen molar-refractivity contribution in [2.45, 2.75) is 56.9 Å². The fourth-order valence-electron chi connectivity index (χ4n) is 3.92. The van der Waals surface area contributed by atoms with E-state index in [-0.39, 0.29) is 19.8 Å². The second-order valence-electron chi connectivity index (χ2n) is 8.01. The average Bonchev–Trinajstić information content (AvgIpc) is 2.80. The van der Waals surface area contributed by atoms with Crippen LogP contribution in [0, 0.1) is 0 Å². The summed E-state index contributed by atoms with van der Waals surface area (Å²) in [6.45, 7) is 1.67. The molecule has 3 rings (SSSR count). The Morgan fingerprint density at radius 1 is 0.938 bits per heavy atom. The summed E-state index contributed by atoms with van der Waals surface area (Å²) in [4.78, 5) is 0. The Labute approximate surface area is 192 Å². The van der Waals surface area contributed by atoms with Crippen LogP contribution in [0.15, 0.2) is 36.4 Å². The van der Waals surface area contributed by atoms with E-state index in [0.29, 0.717) is 22.6 Å². The van der Waals surface area contributed by atoms with Crippen molar-refractivity contribution in [2.24, 2.45) is 0 Å². The van der Waals surface area contributed by atoms with E-state index >= 15 is 0 Å². The standard InChI is InChI=1S/C24H31ClO7/c1-2-14-3-5-15(6-4-14)9-16-10-18(17(11-19(16)25)13-31-8-7-26)24-23(30)22(29)21(28)20(12-27)32-24/h3-6,10-11,20-24,26-30H,2,7-9,12-13H2,1H3/t20-,21-,22+,23-,24+/m1/s1. The molecule has 0 unspecified atom stereocenters. The summed E-state index contributed by atoms with van der Waals surface area (Å²) in [6, 6.07) is 11.8. The third-order valence-corrected chi connectivity index (χ3v) is 6.18. The largest absolute Gasteiger partial charge is 0.394 e. The SMILES string of the molecule is CCc1ccc(Cc2cc([C@@H]3O[C@H](CO)[C@@H](O)[C@H](O)[C@H]3O)c(COCCO)cc2Cl)cc1. The molecule has 7 nitrogen and oxygen atoms in total. The predicted octanol–water partition coefficient (Wildman–Crippen LogP) is 1.52. The zero-order valence-electron chi connectivity index (χ0n) is 18.0. The molecule has 2 aromatic carbocycles. The lowest BCUT2D eigenvalue weighted by Crippen LogP contribution is -2.55. The summed E-state index contributed by atoms with van der Waals surface area (Å²) < 4.78 is 11.2. The van der Waals surface area contributed by atoms with Gasteiger partial charge in [0.1, 0.15) is 30.5 Å². The Morgan fingerprint density at radius 2 is 1.62 bits per heavy atom. The number of aliphatic hydroxyl groups excluding tert-OH is 5. The van der Waals surface area contributed by atoms with Crippen molar-refractivity contribution in [1.82, 2.24) is 0 Å². The molecule has 2 aromatic rings. The van der Waals surface area contributed by atoms with Crippen molar-refractivity contribution in [3.8, 4) is 0 Å². The van der Waals surface area contributed by atoms with Gasteiger partial charge in [-0.3, -0.25) is 0 Å². The first-order valence-electron chi connectivity index (χ1n) is 10.8. The van der Waals surface area contributed by atoms with Gasteiger partial charge < -0.3 is 35.0 Å². The topological polar surface area (TPSA) is 120 Å². The molecular weight excluding hydrogens is 436 g/mol. The van der Waals surface area contributed by atoms with Gasteiger partial charge in [-0.1, -0.05) is 48.9 Å². The van der Waals surface area contributed by atoms with Crippen LogP contribution < -0.4 is 0 Å². The Morgan fingerprint density at radius 3 is 2.25 bits per heavy atom. The van der Waals surface area contributed by atoms with Gasteiger partial charge in [0.15, 0.2) is 0 Å². The van der Waals surface area contributed by atoms with Crippen molar-refractivity contribution in [1.29, 1.82) is 0 Å². The van der Waals surface area contributed by atoms with Gasteiger partial charge in [0.25, 0.3) is 0 Å². The molecule has 32 heavy (non-hydrogen) atoms. The van der Waals surface area contributed by atoms with Crippen molar-refractivity contribution in [3.05, 3.63) is 69.2 Å². The van der Waals surface area contributed by atoms with Crippen LogP contribution in [0.1, 0.15) is 40.8 Å². The minimum Gasteiger partial charge on any atom is -0.394 e. The van der Waals surface area contributed by atoms with Gasteiger partial charge >= 0.3 is 0 Å². The molecule has 5 N–H and O–H groups in total. The van der Waals surface area contributed by atoms with Crippen LogP contribution in [0.2, 0.25) is 5.02 Å². The molecule has 176 valence electrons. The molecule has 8 heteroatoms. The highest BCUT2D eigenvalue weighted by Crippen LogP contribution is 2.37. The van der Waals surface area contributed by atoms with Crippen LogP contribution in [0.3, 0.4) is 0 Å². The van der Waals surface area contributed by atoms with Crippen LogP contribution in [0.5, 0.6) is 0 Å². The van der Waals surface area contributed by atoms with Gasteiger partial charge in [-0.05, 0) is 46.7 Å². The highest BCUT2D eigenvalue weighted by molar-refractivity contribution is 6.31. The maximum atomic E-state index is 10.6. The maximum absolute atomic E-state index is 10.6. The smallest absolute Gasteiger partial charge is 0.113 e. The minimum absolute atomic E-state index is 0.107. The molecule has 1 fully saturated rings. The van der Waals surface area contributed by atoms with Crippen molar-refractivity contribution < 1.29 is 35.0 Å². The fraction of sp³-hybridized carbons (Fsp3) is 0.500. The van der Waals surface area contributed by atoms with Crippen LogP contribution in [0.25, 0.3) is 0 Å². The van der Waals surface area contributed by atoms with Crippen molar-refractivity contribution in [3.63, 3.8) is 0 Å². The molecule has 0 saturated carbocycles. The zero-order valence-corrected chi connectivity index (χ0v) is 18.8. The molecule has 0 bridgehead atoms. The quantitative estimate of drug-likeness (QED) is 0.355. The van der Waals surface area contributed by atoms with Gasteiger partial charge in [-0.25, -0.2) is 0 Å². The van der Waals surface area contributed by atoms with Crippen molar-refractivity contribution in [2.75, 3.05) is 19.8 Å². The highest BCUT2D eigenvalue weighted by Gasteiger charge is 2.44. The summed E-state index contributed by atoms with van der Waals surface area (Å²) in [5.74, 6) is 0. The third kappa shape index (κ3) is 5.68. The normalized spacial score (nSPS) is 25.8. The molecular formula is C24H31ClO7. The fourth-order valence-corrected chi connectivity index (χ4v) is 4.17. The Bertz CT molecular complexity index is 871. The molecule has 0 spiro atoms. The molecule has 1 heterocycles. The lowest BCUT2D eigenvalue weighted by atomic mass is 9.87. The lowest BCUT2D eigenvalue weighted by Gasteiger charge is -2.41. The van der Waals surface area contributed by atoms with E-state index < -0.39 is 37.1 Å². The van der Waals surface area contributed by atoms with E-state index in [2.05, 4.69) is 19.1 Å². The Kier molecular flexibility index (Phi) is 9.04. The van der Waals surface area contributed by atoms with Crippen molar-refractivity contribution >= 4 is 11.6 Å². The molecule has 1 aliphatic heterocycles. The number of aliphatic hydroxyl groups is 5. The molecule has 0 amide bonds. The lowest BCUT2D eigenvalue weighted by molar-refractivity contribution is -0.232. The first-order valence-corrected chi connectivity index (χ1v) is 11.2. The van der Waals surface area contributed by atoms with Crippen LogP contribution in [0.4, 0.5) is 0 Å². The first kappa shape index (κ1) is 25.1. The third-order valence-electron chi connectivity index (χ3n) is 5.83. The molecule has 5 atom stereocenters. The predicted molar refractivity (Wildman–Crippen MR) is 120 cm³/mol. The molecule has 0 radical (unpaired) electrons. The van der Waals surface area contributed by atoms with Gasteiger partial charge in [-0.15, -0.1) is 0 Å². The summed E-state index contributed by atoms with van der Waals surface area (Å²) in [5.41, 5.74) is 4.27. The number of ether oxygens (including phenoxy) is 2. The van der Waals surface area contributed by atoms with E-state index in [1.807, 2.05) is 12.1 Å². The number of hydrogen-bond acceptors (Lipinski definition) is 7. The highest BCUT2D eigenvalue weighted by atomic mass is 35.5. The summed E-state index contributed by atoms with van der Waals surface area (Å²) in [7, 11) is 0. The number of aryl methyl sites for hydroxylation is 1. The number of halogens is 1. The summed E-state index contributed by atoms with van der Waals surface area (Å²) in [5, 5.41) is 50.1. The van der Waals surface area contributed by atoms with Gasteiger partial charge in [-0.2, -0.15) is 0 Å². The van der Waals surface area contributed by atoms with Gasteiger partial charge in [0.05, 0.1) is 26.4 Å². The molecule has 0 aromatic heterocycles. The summed E-state index contributed by atoms with van der Waals surface area (Å²) in [6.07, 6.45) is -4.87. The van der Waals surface area contributed by atoms with E-state index in [0.717, 1.165) is 17.5 Å². The number of hydrogen-bond donors (Lipinski definition) is 5. The molecule has 1 saturated heterocycles. The van der Waals surface area contributed by atoms with E-state index in [1.54, 1.807) is 12.1 Å². The molecule has 0 aliphatic carbocycles. The maximum Gasteiger partial charge on any atom is 0.113 e. The Balaban J connectivity index is 1.97. The second-order valence-corrected chi connectivity index (χ2v) is 8.42. The second kappa shape index (κ2) is 11.5. The molecule has 1 aliphatic rings. The number of benzene rings is 2. The minimum atomic E-state index is -1.49. The summed E-state index contributed by atoms with van der Waals surface area (Å²) >= 11 is 6.57. The van der Waals surface area contributed by atoms with E-state index in [9.17, 15) is 20.4 Å². The van der Waals surface area contributed by atoms with E-state index in [1.165, 1.54) is 5.56 Å². The van der Waals surface area contributed by atoms with E-state index in [4.69, 9.17) is 26.2 Å². The average molecular weight is 467 g/mol. The van der Waals surface area contributed by atoms with Gasteiger partial charge in [0.2, 0.25) is 0 Å². The van der Waals surface area contributed by atoms with Crippen LogP contribution in [-0.4, -0.2) is 69.8 Å². The number of rotatable bonds is 9. The zero-order chi connectivity index (χ0) is 23.3. The van der Waals surface area contributed by atoms with Gasteiger partial charge in [0, 0.05) is 5.02 Å².